The summed E-state index contributed by atoms with van der Waals surface area (Å²) in [5.41, 5.74) is 4.76. The molecule has 0 saturated carbocycles. The van der Waals surface area contributed by atoms with E-state index in [2.05, 4.69) is 39.0 Å². The Labute approximate surface area is 249 Å². The first-order valence-electron chi connectivity index (χ1n) is 13.3. The van der Waals surface area contributed by atoms with Crippen LogP contribution in [0.1, 0.15) is 36.5 Å². The van der Waals surface area contributed by atoms with Gasteiger partial charge in [0.05, 0.1) is 17.1 Å². The largest absolute Gasteiger partial charge is 0.573 e. The second-order valence-electron chi connectivity index (χ2n) is 10.0. The summed E-state index contributed by atoms with van der Waals surface area (Å²) in [5.74, 6) is 0.296. The lowest BCUT2D eigenvalue weighted by atomic mass is 9.98. The number of aromatic nitrogens is 3. The highest BCUT2D eigenvalue weighted by atomic mass is 32.2. The number of nitrogens with zero attached hydrogens (tertiary/aromatic N) is 5. The van der Waals surface area contributed by atoms with Crippen molar-refractivity contribution >= 4 is 34.6 Å². The van der Waals surface area contributed by atoms with Gasteiger partial charge in [-0.25, -0.2) is 14.5 Å². The van der Waals surface area contributed by atoms with Crippen molar-refractivity contribution < 1.29 is 27.5 Å². The van der Waals surface area contributed by atoms with Gasteiger partial charge in [-0.1, -0.05) is 61.5 Å². The van der Waals surface area contributed by atoms with Crippen molar-refractivity contribution in [2.24, 2.45) is 4.99 Å². The summed E-state index contributed by atoms with van der Waals surface area (Å²) in [6.07, 6.45) is -3.32. The summed E-state index contributed by atoms with van der Waals surface area (Å²) < 4.78 is 42.6. The van der Waals surface area contributed by atoms with Crippen molar-refractivity contribution in [2.45, 2.75) is 39.6 Å². The van der Waals surface area contributed by atoms with Gasteiger partial charge in [-0.15, -0.1) is 18.3 Å². The summed E-state index contributed by atoms with van der Waals surface area (Å²) in [5, 5.41) is 7.52. The Morgan fingerprint density at radius 3 is 2.60 bits per heavy atom. The zero-order valence-corrected chi connectivity index (χ0v) is 24.2. The molecule has 0 aliphatic carbocycles. The van der Waals surface area contributed by atoms with E-state index in [1.165, 1.54) is 51.9 Å². The maximum Gasteiger partial charge on any atom is 0.573 e. The molecular formula is C30H27F3N6O3S. The molecule has 222 valence electrons. The van der Waals surface area contributed by atoms with Crippen LogP contribution in [-0.2, 0) is 11.3 Å². The highest BCUT2D eigenvalue weighted by Gasteiger charge is 2.32. The minimum absolute atomic E-state index is 0.132. The average molecular weight is 609 g/mol. The van der Waals surface area contributed by atoms with Crippen molar-refractivity contribution in [3.05, 3.63) is 89.7 Å². The quantitative estimate of drug-likeness (QED) is 0.253. The first-order chi connectivity index (χ1) is 20.5. The van der Waals surface area contributed by atoms with E-state index in [0.29, 0.717) is 22.2 Å². The molecule has 9 nitrogen and oxygen atoms in total. The Morgan fingerprint density at radius 2 is 1.88 bits per heavy atom. The van der Waals surface area contributed by atoms with Crippen LogP contribution in [0, 0.1) is 6.92 Å². The Morgan fingerprint density at radius 1 is 1.12 bits per heavy atom. The second kappa shape index (κ2) is 12.3. The molecule has 1 aliphatic rings. The van der Waals surface area contributed by atoms with E-state index in [0.717, 1.165) is 22.4 Å². The fraction of sp³-hybridized carbons (Fsp3) is 0.233. The number of ether oxygens (including phenoxy) is 1. The number of hydrogen-bond donors (Lipinski definition) is 1. The predicted octanol–water partition coefficient (Wildman–Crippen LogP) is 6.61. The van der Waals surface area contributed by atoms with Crippen molar-refractivity contribution in [1.82, 2.24) is 20.1 Å². The smallest absolute Gasteiger partial charge is 0.406 e. The lowest BCUT2D eigenvalue weighted by molar-refractivity contribution is -0.274. The fourth-order valence-electron chi connectivity index (χ4n) is 4.47. The number of amides is 3. The monoisotopic (exact) mass is 608 g/mol. The van der Waals surface area contributed by atoms with Gasteiger partial charge in [-0.3, -0.25) is 9.69 Å². The molecular weight excluding hydrogens is 581 g/mol. The number of aliphatic imine (C=N–C) groups is 1. The number of amidine groups is 1. The Kier molecular flexibility index (Phi) is 8.53. The van der Waals surface area contributed by atoms with E-state index < -0.39 is 12.4 Å². The number of carbonyl (C=O) groups is 2. The molecule has 0 bridgehead atoms. The van der Waals surface area contributed by atoms with Gasteiger partial charge in [-0.2, -0.15) is 4.99 Å². The van der Waals surface area contributed by atoms with E-state index in [1.54, 1.807) is 12.1 Å². The molecule has 13 heteroatoms. The number of thioether (sulfide) groups is 1. The zero-order valence-electron chi connectivity index (χ0n) is 23.4. The molecule has 0 radical (unpaired) electrons. The third-order valence-electron chi connectivity index (χ3n) is 6.46. The van der Waals surface area contributed by atoms with Gasteiger partial charge < -0.3 is 10.1 Å². The van der Waals surface area contributed by atoms with Crippen LogP contribution in [0.4, 0.5) is 23.7 Å². The van der Waals surface area contributed by atoms with Crippen molar-refractivity contribution in [3.63, 3.8) is 0 Å². The first-order valence-corrected chi connectivity index (χ1v) is 14.3. The van der Waals surface area contributed by atoms with E-state index in [-0.39, 0.29) is 29.9 Å². The van der Waals surface area contributed by atoms with Crippen LogP contribution in [0.25, 0.3) is 17.1 Å². The van der Waals surface area contributed by atoms with Crippen LogP contribution >= 0.6 is 11.8 Å². The van der Waals surface area contributed by atoms with Gasteiger partial charge in [0.1, 0.15) is 12.1 Å². The van der Waals surface area contributed by atoms with Crippen LogP contribution < -0.4 is 15.0 Å². The SMILES string of the molecule is Cc1ccc(N2C(=O)CSC2=NC(=O)NCc2cccc(-c3ncn(-c4ccc(OC(F)(F)F)cc4)n3)c2)c(C(C)C)c1. The van der Waals surface area contributed by atoms with Crippen LogP contribution in [0.5, 0.6) is 5.75 Å². The summed E-state index contributed by atoms with van der Waals surface area (Å²) in [4.78, 5) is 35.6. The standard InChI is InChI=1S/C30H27F3N6O3S/c1-18(2)24-13-19(3)7-12-25(24)39-26(40)16-43-29(39)36-28(41)34-15-20-5-4-6-21(14-20)27-35-17-38(37-27)22-8-10-23(11-9-22)42-30(31,32)33/h4-14,17-18H,15-16H2,1-3H3,(H,34,41). The highest BCUT2D eigenvalue weighted by molar-refractivity contribution is 8.15. The third-order valence-corrected chi connectivity index (χ3v) is 7.39. The number of urea groups is 1. The normalized spacial score (nSPS) is 14.5. The van der Waals surface area contributed by atoms with Crippen LogP contribution in [-0.4, -0.2) is 44.0 Å². The number of halogens is 3. The molecule has 3 aromatic carbocycles. The number of alkyl halides is 3. The molecule has 2 heterocycles. The van der Waals surface area contributed by atoms with Gasteiger partial charge in [0.2, 0.25) is 5.91 Å². The molecule has 1 aliphatic heterocycles. The van der Waals surface area contributed by atoms with Gasteiger partial charge >= 0.3 is 12.4 Å². The lowest BCUT2D eigenvalue weighted by Gasteiger charge is -2.22. The number of benzene rings is 3. The number of anilines is 1. The number of carbonyl (C=O) groups excluding carboxylic acids is 2. The summed E-state index contributed by atoms with van der Waals surface area (Å²) >= 11 is 1.22. The van der Waals surface area contributed by atoms with Gasteiger partial charge in [-0.05, 0) is 60.4 Å². The van der Waals surface area contributed by atoms with E-state index in [9.17, 15) is 22.8 Å². The summed E-state index contributed by atoms with van der Waals surface area (Å²) in [6, 6.07) is 17.8. The predicted molar refractivity (Wildman–Crippen MR) is 158 cm³/mol. The second-order valence-corrected chi connectivity index (χ2v) is 11.0. The molecule has 3 amide bonds. The molecule has 0 unspecified atom stereocenters. The lowest BCUT2D eigenvalue weighted by Crippen LogP contribution is -2.32. The van der Waals surface area contributed by atoms with Crippen molar-refractivity contribution in [3.8, 4) is 22.8 Å². The van der Waals surface area contributed by atoms with Gasteiger partial charge in [0.25, 0.3) is 0 Å². The van der Waals surface area contributed by atoms with E-state index in [4.69, 9.17) is 0 Å². The van der Waals surface area contributed by atoms with Crippen LogP contribution in [0.2, 0.25) is 0 Å². The topological polar surface area (TPSA) is 102 Å². The minimum atomic E-state index is -4.77. The van der Waals surface area contributed by atoms with Gasteiger partial charge in [0.15, 0.2) is 11.0 Å². The van der Waals surface area contributed by atoms with Crippen LogP contribution in [0.15, 0.2) is 78.0 Å². The molecule has 4 aromatic rings. The Hall–Kier alpha value is -4.65. The molecule has 5 rings (SSSR count). The maximum atomic E-state index is 12.8. The summed E-state index contributed by atoms with van der Waals surface area (Å²) in [7, 11) is 0. The number of rotatable bonds is 7. The fourth-order valence-corrected chi connectivity index (χ4v) is 5.32. The summed E-state index contributed by atoms with van der Waals surface area (Å²) in [6.45, 7) is 6.27. The van der Waals surface area contributed by atoms with E-state index >= 15 is 0 Å². The number of hydrogen-bond acceptors (Lipinski definition) is 6. The third kappa shape index (κ3) is 7.23. The first kappa shape index (κ1) is 29.8. The molecule has 1 saturated heterocycles. The van der Waals surface area contributed by atoms with Gasteiger partial charge in [0, 0.05) is 12.1 Å². The Balaban J connectivity index is 1.26. The molecule has 1 N–H and O–H groups in total. The number of nitrogens with one attached hydrogen (secondary N) is 1. The highest BCUT2D eigenvalue weighted by Crippen LogP contribution is 2.34. The molecule has 43 heavy (non-hydrogen) atoms. The van der Waals surface area contributed by atoms with Crippen molar-refractivity contribution in [1.29, 1.82) is 0 Å². The minimum Gasteiger partial charge on any atom is -0.406 e. The average Bonchev–Trinajstić information content (AvgIpc) is 3.59. The number of aryl methyl sites for hydroxylation is 1. The van der Waals surface area contributed by atoms with Crippen molar-refractivity contribution in [2.75, 3.05) is 10.7 Å². The van der Waals surface area contributed by atoms with E-state index in [1.807, 2.05) is 37.3 Å². The Bertz CT molecular complexity index is 1690. The maximum absolute atomic E-state index is 12.8. The zero-order chi connectivity index (χ0) is 30.7. The molecule has 1 fully saturated rings. The molecule has 0 spiro atoms. The molecule has 1 aromatic heterocycles. The van der Waals surface area contributed by atoms with Crippen LogP contribution in [0.3, 0.4) is 0 Å². The molecule has 0 atom stereocenters.